The Hall–Kier alpha value is -1.04. The number of benzene rings is 1. The highest BCUT2D eigenvalue weighted by molar-refractivity contribution is 5.24. The molecule has 0 bridgehead atoms. The van der Waals surface area contributed by atoms with Gasteiger partial charge in [-0.25, -0.2) is 0 Å². The van der Waals surface area contributed by atoms with Crippen LogP contribution in [0.15, 0.2) is 42.5 Å². The molecule has 0 heteroatoms. The Balaban J connectivity index is 2.24. The maximum Gasteiger partial charge on any atom is -0.00940 e. The van der Waals surface area contributed by atoms with E-state index < -0.39 is 0 Å². The summed E-state index contributed by atoms with van der Waals surface area (Å²) in [5.74, 6) is 2.25. The quantitative estimate of drug-likeness (QED) is 0.621. The van der Waals surface area contributed by atoms with Crippen molar-refractivity contribution in [1.29, 1.82) is 0 Å². The first-order chi connectivity index (χ1) is 7.68. The summed E-state index contributed by atoms with van der Waals surface area (Å²) in [6, 6.07) is 11.0. The van der Waals surface area contributed by atoms with Crippen LogP contribution in [0.4, 0.5) is 0 Å². The molecule has 0 amide bonds. The Bertz CT molecular complexity index is 350. The average Bonchev–Trinajstić information content (AvgIpc) is 2.29. The van der Waals surface area contributed by atoms with Gasteiger partial charge in [-0.2, -0.15) is 0 Å². The van der Waals surface area contributed by atoms with Gasteiger partial charge in [0.2, 0.25) is 0 Å². The molecule has 2 rings (SSSR count). The largest absolute Gasteiger partial charge is 0.0998 e. The first-order valence-electron chi connectivity index (χ1n) is 6.39. The van der Waals surface area contributed by atoms with E-state index in [2.05, 4.69) is 50.8 Å². The van der Waals surface area contributed by atoms with Gasteiger partial charge in [0.15, 0.2) is 0 Å². The van der Waals surface area contributed by atoms with Crippen molar-refractivity contribution < 1.29 is 0 Å². The summed E-state index contributed by atoms with van der Waals surface area (Å²) in [7, 11) is 0. The lowest BCUT2D eigenvalue weighted by atomic mass is 9.69. The van der Waals surface area contributed by atoms with Crippen molar-refractivity contribution in [3.8, 4) is 0 Å². The highest BCUT2D eigenvalue weighted by Gasteiger charge is 2.29. The maximum absolute atomic E-state index is 4.18. The first-order valence-corrected chi connectivity index (χ1v) is 6.39. The van der Waals surface area contributed by atoms with Gasteiger partial charge < -0.3 is 0 Å². The molecule has 3 atom stereocenters. The third-order valence-electron chi connectivity index (χ3n) is 3.97. The Morgan fingerprint density at radius 2 is 1.88 bits per heavy atom. The molecular weight excluding hydrogens is 192 g/mol. The first kappa shape index (κ1) is 11.4. The molecule has 1 aromatic carbocycles. The van der Waals surface area contributed by atoms with Crippen LogP contribution in [0.1, 0.15) is 44.6 Å². The van der Waals surface area contributed by atoms with Gasteiger partial charge in [0, 0.05) is 0 Å². The van der Waals surface area contributed by atoms with E-state index in [-0.39, 0.29) is 0 Å². The summed E-state index contributed by atoms with van der Waals surface area (Å²) in [4.78, 5) is 0. The number of hydrogen-bond acceptors (Lipinski definition) is 0. The molecule has 0 saturated heterocycles. The zero-order valence-electron chi connectivity index (χ0n) is 10.4. The smallest absolute Gasteiger partial charge is 0.00940 e. The van der Waals surface area contributed by atoms with Crippen molar-refractivity contribution >= 4 is 0 Å². The van der Waals surface area contributed by atoms with E-state index in [1.165, 1.54) is 30.4 Å². The normalized spacial score (nSPS) is 30.0. The zero-order chi connectivity index (χ0) is 11.5. The third-order valence-corrected chi connectivity index (χ3v) is 3.97. The van der Waals surface area contributed by atoms with Crippen LogP contribution in [0.5, 0.6) is 0 Å². The number of hydrogen-bond donors (Lipinski definition) is 0. The second-order valence-electron chi connectivity index (χ2n) is 5.39. The van der Waals surface area contributed by atoms with E-state index in [1.54, 1.807) is 0 Å². The second kappa shape index (κ2) is 4.86. The predicted octanol–water partition coefficient (Wildman–Crippen LogP) is 4.78. The molecule has 0 heterocycles. The van der Waals surface area contributed by atoms with E-state index in [9.17, 15) is 0 Å². The molecule has 3 unspecified atom stereocenters. The van der Waals surface area contributed by atoms with Crippen LogP contribution >= 0.6 is 0 Å². The van der Waals surface area contributed by atoms with Crippen LogP contribution in [0.2, 0.25) is 0 Å². The minimum Gasteiger partial charge on any atom is -0.0998 e. The second-order valence-corrected chi connectivity index (χ2v) is 5.39. The molecule has 16 heavy (non-hydrogen) atoms. The molecule has 0 aromatic heterocycles. The highest BCUT2D eigenvalue weighted by Crippen LogP contribution is 2.43. The van der Waals surface area contributed by atoms with Crippen molar-refractivity contribution in [1.82, 2.24) is 0 Å². The van der Waals surface area contributed by atoms with E-state index in [1.807, 2.05) is 0 Å². The van der Waals surface area contributed by atoms with Crippen molar-refractivity contribution in [3.63, 3.8) is 0 Å². The fourth-order valence-corrected chi connectivity index (χ4v) is 3.04. The van der Waals surface area contributed by atoms with Crippen LogP contribution in [0.3, 0.4) is 0 Å². The topological polar surface area (TPSA) is 0 Å². The molecule has 0 nitrogen and oxygen atoms in total. The fourth-order valence-electron chi connectivity index (χ4n) is 3.04. The summed E-state index contributed by atoms with van der Waals surface area (Å²) in [5, 5.41) is 0. The molecule has 1 aliphatic carbocycles. The van der Waals surface area contributed by atoms with Crippen molar-refractivity contribution in [3.05, 3.63) is 48.0 Å². The molecule has 1 aliphatic rings. The van der Waals surface area contributed by atoms with Crippen LogP contribution in [-0.2, 0) is 0 Å². The van der Waals surface area contributed by atoms with Gasteiger partial charge in [0.25, 0.3) is 0 Å². The number of allylic oxidation sites excluding steroid dienone is 1. The van der Waals surface area contributed by atoms with Gasteiger partial charge in [-0.05, 0) is 43.1 Å². The minimum atomic E-state index is 0.693. The van der Waals surface area contributed by atoms with Gasteiger partial charge in [0.05, 0.1) is 0 Å². The van der Waals surface area contributed by atoms with E-state index in [0.717, 1.165) is 5.92 Å². The molecule has 0 spiro atoms. The molecule has 0 aliphatic heterocycles. The van der Waals surface area contributed by atoms with Gasteiger partial charge in [-0.1, -0.05) is 55.8 Å². The van der Waals surface area contributed by atoms with E-state index >= 15 is 0 Å². The van der Waals surface area contributed by atoms with Crippen LogP contribution in [0, 0.1) is 11.8 Å². The lowest BCUT2D eigenvalue weighted by Crippen LogP contribution is -2.22. The summed E-state index contributed by atoms with van der Waals surface area (Å²) in [5.41, 5.74) is 2.86. The van der Waals surface area contributed by atoms with Gasteiger partial charge in [-0.3, -0.25) is 0 Å². The average molecular weight is 214 g/mol. The summed E-state index contributed by atoms with van der Waals surface area (Å²) in [6.45, 7) is 8.75. The molecule has 1 saturated carbocycles. The number of rotatable bonds is 2. The van der Waals surface area contributed by atoms with Crippen LogP contribution in [0.25, 0.3) is 0 Å². The molecular formula is C16H22. The lowest BCUT2D eigenvalue weighted by molar-refractivity contribution is 0.278. The van der Waals surface area contributed by atoms with Crippen LogP contribution < -0.4 is 0 Å². The maximum atomic E-state index is 4.18. The Morgan fingerprint density at radius 1 is 1.19 bits per heavy atom. The third kappa shape index (κ3) is 2.37. The van der Waals surface area contributed by atoms with Gasteiger partial charge in [0.1, 0.15) is 0 Å². The molecule has 86 valence electrons. The Labute approximate surface area is 99.4 Å². The standard InChI is InChI=1S/C16H22/c1-12(2)15-10-9-13(3)11-16(15)14-7-5-4-6-8-14/h4-8,13,15-16H,1,9-11H2,2-3H3. The predicted molar refractivity (Wildman–Crippen MR) is 70.5 cm³/mol. The Kier molecular flexibility index (Phi) is 3.48. The highest BCUT2D eigenvalue weighted by atomic mass is 14.3. The SMILES string of the molecule is C=C(C)C1CCC(C)CC1c1ccccc1. The minimum absolute atomic E-state index is 0.693. The van der Waals surface area contributed by atoms with E-state index in [0.29, 0.717) is 11.8 Å². The van der Waals surface area contributed by atoms with Crippen molar-refractivity contribution in [2.75, 3.05) is 0 Å². The lowest BCUT2D eigenvalue weighted by Gasteiger charge is -2.35. The summed E-state index contributed by atoms with van der Waals surface area (Å²) < 4.78 is 0. The van der Waals surface area contributed by atoms with E-state index in [4.69, 9.17) is 0 Å². The molecule has 0 radical (unpaired) electrons. The Morgan fingerprint density at radius 3 is 2.50 bits per heavy atom. The van der Waals surface area contributed by atoms with Gasteiger partial charge in [-0.15, -0.1) is 0 Å². The van der Waals surface area contributed by atoms with Crippen molar-refractivity contribution in [2.45, 2.75) is 39.0 Å². The fraction of sp³-hybridized carbons (Fsp3) is 0.500. The summed E-state index contributed by atoms with van der Waals surface area (Å²) in [6.07, 6.45) is 4.00. The molecule has 0 N–H and O–H groups in total. The van der Waals surface area contributed by atoms with Crippen LogP contribution in [-0.4, -0.2) is 0 Å². The monoisotopic (exact) mass is 214 g/mol. The summed E-state index contributed by atoms with van der Waals surface area (Å²) >= 11 is 0. The zero-order valence-corrected chi connectivity index (χ0v) is 10.4. The molecule has 1 aromatic rings. The molecule has 1 fully saturated rings. The van der Waals surface area contributed by atoms with Crippen molar-refractivity contribution in [2.24, 2.45) is 11.8 Å². The van der Waals surface area contributed by atoms with Gasteiger partial charge >= 0.3 is 0 Å².